The van der Waals surface area contributed by atoms with Gasteiger partial charge in [-0.2, -0.15) is 0 Å². The van der Waals surface area contributed by atoms with Crippen LogP contribution in [0.5, 0.6) is 0 Å². The van der Waals surface area contributed by atoms with E-state index in [1.165, 1.54) is 11.3 Å². The van der Waals surface area contributed by atoms with Gasteiger partial charge in [0.2, 0.25) is 0 Å². The summed E-state index contributed by atoms with van der Waals surface area (Å²) in [6.45, 7) is 6.50. The highest BCUT2D eigenvalue weighted by Crippen LogP contribution is 2.23. The molecule has 0 aliphatic carbocycles. The Kier molecular flexibility index (Phi) is 6.23. The van der Waals surface area contributed by atoms with Crippen molar-refractivity contribution in [1.82, 2.24) is 9.88 Å². The lowest BCUT2D eigenvalue weighted by atomic mass is 10.2. The van der Waals surface area contributed by atoms with Crippen LogP contribution in [-0.2, 0) is 25.5 Å². The predicted molar refractivity (Wildman–Crippen MR) is 103 cm³/mol. The minimum absolute atomic E-state index is 0.0213. The third kappa shape index (κ3) is 5.14. The smallest absolute Gasteiger partial charge is 0.312 e. The van der Waals surface area contributed by atoms with Crippen LogP contribution in [0, 0.1) is 0 Å². The van der Waals surface area contributed by atoms with Crippen molar-refractivity contribution in [3.8, 4) is 10.6 Å². The molecule has 1 saturated heterocycles. The number of rotatable bonds is 5. The number of hydrogen-bond acceptors (Lipinski definition) is 6. The van der Waals surface area contributed by atoms with Crippen LogP contribution in [-0.4, -0.2) is 53.2 Å². The molecular formula is C20H24N2O4S. The Morgan fingerprint density at radius 1 is 1.26 bits per heavy atom. The third-order valence-corrected chi connectivity index (χ3v) is 5.23. The zero-order valence-electron chi connectivity index (χ0n) is 15.8. The standard InChI is InChI=1S/C20H24N2O4S/c1-13-10-22(11-14(2)25-13)20(24)15(3)26-18(23)9-17-12-27-19(21-17)16-7-5-4-6-8-16/h4-8,12-15H,9-11H2,1-3H3. The number of aromatic nitrogens is 1. The van der Waals surface area contributed by atoms with Crippen LogP contribution in [0.4, 0.5) is 0 Å². The molecule has 1 fully saturated rings. The second kappa shape index (κ2) is 8.63. The minimum Gasteiger partial charge on any atom is -0.452 e. The third-order valence-electron chi connectivity index (χ3n) is 4.29. The molecule has 0 spiro atoms. The normalized spacial score (nSPS) is 20.9. The molecule has 3 unspecified atom stereocenters. The van der Waals surface area contributed by atoms with E-state index in [9.17, 15) is 9.59 Å². The lowest BCUT2D eigenvalue weighted by molar-refractivity contribution is -0.164. The molecule has 1 aromatic carbocycles. The van der Waals surface area contributed by atoms with Gasteiger partial charge >= 0.3 is 5.97 Å². The van der Waals surface area contributed by atoms with E-state index in [-0.39, 0.29) is 24.5 Å². The van der Waals surface area contributed by atoms with E-state index in [1.807, 2.05) is 49.6 Å². The second-order valence-electron chi connectivity index (χ2n) is 6.82. The molecule has 27 heavy (non-hydrogen) atoms. The number of ether oxygens (including phenoxy) is 2. The number of thiazole rings is 1. The Morgan fingerprint density at radius 2 is 1.93 bits per heavy atom. The summed E-state index contributed by atoms with van der Waals surface area (Å²) >= 11 is 1.49. The van der Waals surface area contributed by atoms with Crippen LogP contribution in [0.15, 0.2) is 35.7 Å². The van der Waals surface area contributed by atoms with E-state index < -0.39 is 12.1 Å². The monoisotopic (exact) mass is 388 g/mol. The number of benzene rings is 1. The Morgan fingerprint density at radius 3 is 2.59 bits per heavy atom. The van der Waals surface area contributed by atoms with Gasteiger partial charge in [0.1, 0.15) is 5.01 Å². The van der Waals surface area contributed by atoms with Crippen molar-refractivity contribution in [1.29, 1.82) is 0 Å². The first-order valence-electron chi connectivity index (χ1n) is 9.06. The first-order chi connectivity index (χ1) is 12.9. The van der Waals surface area contributed by atoms with Crippen molar-refractivity contribution in [2.45, 2.75) is 45.5 Å². The molecule has 3 rings (SSSR count). The molecule has 3 atom stereocenters. The Hall–Kier alpha value is -2.25. The number of amides is 1. The number of esters is 1. The number of carbonyl (C=O) groups excluding carboxylic acids is 2. The molecule has 1 aliphatic rings. The van der Waals surface area contributed by atoms with Gasteiger partial charge in [0.25, 0.3) is 5.91 Å². The SMILES string of the molecule is CC1CN(C(=O)C(C)OC(=O)Cc2csc(-c3ccccc3)n2)CC(C)O1. The molecule has 6 nitrogen and oxygen atoms in total. The molecule has 0 radical (unpaired) electrons. The molecule has 0 bridgehead atoms. The fraction of sp³-hybridized carbons (Fsp3) is 0.450. The summed E-state index contributed by atoms with van der Waals surface area (Å²) in [6, 6.07) is 9.80. The second-order valence-corrected chi connectivity index (χ2v) is 7.68. The van der Waals surface area contributed by atoms with Crippen molar-refractivity contribution in [2.24, 2.45) is 0 Å². The van der Waals surface area contributed by atoms with E-state index in [4.69, 9.17) is 9.47 Å². The van der Waals surface area contributed by atoms with E-state index in [1.54, 1.807) is 11.8 Å². The zero-order valence-corrected chi connectivity index (χ0v) is 16.6. The number of carbonyl (C=O) groups is 2. The van der Waals surface area contributed by atoms with Gasteiger partial charge in [0.05, 0.1) is 24.3 Å². The summed E-state index contributed by atoms with van der Waals surface area (Å²) in [4.78, 5) is 31.0. The molecule has 2 aromatic rings. The molecule has 1 aliphatic heterocycles. The predicted octanol–water partition coefficient (Wildman–Crippen LogP) is 2.92. The lowest BCUT2D eigenvalue weighted by Gasteiger charge is -2.36. The first-order valence-corrected chi connectivity index (χ1v) is 9.94. The highest BCUT2D eigenvalue weighted by molar-refractivity contribution is 7.13. The number of nitrogens with zero attached hydrogens (tertiary/aromatic N) is 2. The average molecular weight is 388 g/mol. The van der Waals surface area contributed by atoms with Crippen molar-refractivity contribution in [3.05, 3.63) is 41.4 Å². The van der Waals surface area contributed by atoms with Gasteiger partial charge < -0.3 is 14.4 Å². The van der Waals surface area contributed by atoms with Crippen LogP contribution in [0.3, 0.4) is 0 Å². The van der Waals surface area contributed by atoms with Gasteiger partial charge in [0, 0.05) is 24.0 Å². The van der Waals surface area contributed by atoms with Crippen LogP contribution < -0.4 is 0 Å². The molecule has 1 aromatic heterocycles. The van der Waals surface area contributed by atoms with Crippen molar-refractivity contribution in [3.63, 3.8) is 0 Å². The van der Waals surface area contributed by atoms with Gasteiger partial charge in [-0.3, -0.25) is 9.59 Å². The van der Waals surface area contributed by atoms with Crippen LogP contribution >= 0.6 is 11.3 Å². The molecule has 0 saturated carbocycles. The maximum absolute atomic E-state index is 12.5. The van der Waals surface area contributed by atoms with Crippen molar-refractivity contribution in [2.75, 3.05) is 13.1 Å². The maximum atomic E-state index is 12.5. The van der Waals surface area contributed by atoms with Crippen LogP contribution in [0.2, 0.25) is 0 Å². The van der Waals surface area contributed by atoms with Gasteiger partial charge in [-0.1, -0.05) is 30.3 Å². The quantitative estimate of drug-likeness (QED) is 0.737. The lowest BCUT2D eigenvalue weighted by Crippen LogP contribution is -2.51. The van der Waals surface area contributed by atoms with Gasteiger partial charge in [-0.15, -0.1) is 11.3 Å². The minimum atomic E-state index is -0.817. The van der Waals surface area contributed by atoms with Crippen LogP contribution in [0.25, 0.3) is 10.6 Å². The molecule has 2 heterocycles. The topological polar surface area (TPSA) is 68.7 Å². The van der Waals surface area contributed by atoms with E-state index in [2.05, 4.69) is 4.98 Å². The van der Waals surface area contributed by atoms with Gasteiger partial charge in [-0.05, 0) is 20.8 Å². The Bertz CT molecular complexity index is 782. The van der Waals surface area contributed by atoms with Crippen LogP contribution in [0.1, 0.15) is 26.5 Å². The Balaban J connectivity index is 1.54. The highest BCUT2D eigenvalue weighted by Gasteiger charge is 2.30. The first kappa shape index (κ1) is 19.5. The highest BCUT2D eigenvalue weighted by atomic mass is 32.1. The summed E-state index contributed by atoms with van der Waals surface area (Å²) < 4.78 is 11.0. The molecule has 1 amide bonds. The molecule has 7 heteroatoms. The maximum Gasteiger partial charge on any atom is 0.312 e. The van der Waals surface area contributed by atoms with Crippen molar-refractivity contribution < 1.29 is 19.1 Å². The summed E-state index contributed by atoms with van der Waals surface area (Å²) in [7, 11) is 0. The largest absolute Gasteiger partial charge is 0.452 e. The van der Waals surface area contributed by atoms with E-state index in [0.717, 1.165) is 10.6 Å². The summed E-state index contributed by atoms with van der Waals surface area (Å²) in [5.74, 6) is -0.635. The number of hydrogen-bond donors (Lipinski definition) is 0. The van der Waals surface area contributed by atoms with Crippen molar-refractivity contribution >= 4 is 23.2 Å². The zero-order chi connectivity index (χ0) is 19.4. The summed E-state index contributed by atoms with van der Waals surface area (Å²) in [5.41, 5.74) is 1.67. The van der Waals surface area contributed by atoms with Gasteiger partial charge in [0.15, 0.2) is 6.10 Å². The molecule has 144 valence electrons. The average Bonchev–Trinajstić information content (AvgIpc) is 3.09. The fourth-order valence-electron chi connectivity index (χ4n) is 3.15. The van der Waals surface area contributed by atoms with Gasteiger partial charge in [-0.25, -0.2) is 4.98 Å². The van der Waals surface area contributed by atoms with E-state index >= 15 is 0 Å². The Labute approximate surface area is 163 Å². The summed E-state index contributed by atoms with van der Waals surface area (Å²) in [6.07, 6.45) is -0.807. The molecule has 0 N–H and O–H groups in total. The fourth-order valence-corrected chi connectivity index (χ4v) is 3.98. The van der Waals surface area contributed by atoms with E-state index in [0.29, 0.717) is 18.8 Å². The number of morpholine rings is 1. The summed E-state index contributed by atoms with van der Waals surface area (Å²) in [5, 5.41) is 2.71. The molecular weight excluding hydrogens is 364 g/mol.